The van der Waals surface area contributed by atoms with Gasteiger partial charge in [-0.05, 0) is 31.4 Å². The summed E-state index contributed by atoms with van der Waals surface area (Å²) in [6.07, 6.45) is 1.39. The van der Waals surface area contributed by atoms with Crippen LogP contribution in [0, 0.1) is 6.92 Å². The van der Waals surface area contributed by atoms with Gasteiger partial charge in [-0.1, -0.05) is 12.1 Å². The summed E-state index contributed by atoms with van der Waals surface area (Å²) in [6.45, 7) is 4.29. The molecular formula is C15H19N3O2. The number of aromatic nitrogens is 2. The molecule has 1 aromatic carbocycles. The smallest absolute Gasteiger partial charge is 0.258 e. The number of H-pyrrole nitrogens is 1. The zero-order valence-electron chi connectivity index (χ0n) is 11.6. The number of aryl methyl sites for hydroxylation is 1. The summed E-state index contributed by atoms with van der Waals surface area (Å²) in [6, 6.07) is 5.64. The van der Waals surface area contributed by atoms with E-state index in [4.69, 9.17) is 0 Å². The first-order chi connectivity index (χ1) is 9.63. The molecule has 1 saturated heterocycles. The second-order valence-corrected chi connectivity index (χ2v) is 5.49. The molecule has 2 N–H and O–H groups in total. The van der Waals surface area contributed by atoms with Crippen molar-refractivity contribution in [2.45, 2.75) is 32.4 Å². The van der Waals surface area contributed by atoms with E-state index in [0.717, 1.165) is 37.0 Å². The van der Waals surface area contributed by atoms with Gasteiger partial charge in [0.25, 0.3) is 5.56 Å². The monoisotopic (exact) mass is 273 g/mol. The van der Waals surface area contributed by atoms with Crippen molar-refractivity contribution in [3.8, 4) is 0 Å². The fourth-order valence-corrected chi connectivity index (χ4v) is 2.72. The van der Waals surface area contributed by atoms with Crippen LogP contribution in [-0.2, 0) is 6.54 Å². The van der Waals surface area contributed by atoms with Gasteiger partial charge in [0.15, 0.2) is 0 Å². The molecule has 2 aromatic rings. The number of aliphatic hydroxyl groups is 1. The number of para-hydroxylation sites is 1. The van der Waals surface area contributed by atoms with Gasteiger partial charge in [-0.3, -0.25) is 9.69 Å². The van der Waals surface area contributed by atoms with Crippen molar-refractivity contribution < 1.29 is 5.11 Å². The van der Waals surface area contributed by atoms with Gasteiger partial charge in [-0.25, -0.2) is 4.98 Å². The van der Waals surface area contributed by atoms with Gasteiger partial charge >= 0.3 is 0 Å². The third-order valence-electron chi connectivity index (χ3n) is 3.92. The first-order valence-corrected chi connectivity index (χ1v) is 7.02. The van der Waals surface area contributed by atoms with Gasteiger partial charge < -0.3 is 10.1 Å². The largest absolute Gasteiger partial charge is 0.393 e. The van der Waals surface area contributed by atoms with Crippen molar-refractivity contribution in [3.05, 3.63) is 39.9 Å². The van der Waals surface area contributed by atoms with E-state index in [1.807, 2.05) is 19.1 Å². The molecule has 1 aliphatic rings. The molecule has 1 aliphatic heterocycles. The molecule has 0 spiro atoms. The third kappa shape index (κ3) is 2.59. The Morgan fingerprint density at radius 2 is 2.15 bits per heavy atom. The number of rotatable bonds is 2. The summed E-state index contributed by atoms with van der Waals surface area (Å²) in [4.78, 5) is 21.8. The van der Waals surface area contributed by atoms with E-state index in [9.17, 15) is 9.90 Å². The Labute approximate surface area is 117 Å². The number of benzene rings is 1. The molecule has 0 unspecified atom stereocenters. The van der Waals surface area contributed by atoms with Gasteiger partial charge in [0.1, 0.15) is 5.82 Å². The number of aromatic amines is 1. The van der Waals surface area contributed by atoms with Crippen molar-refractivity contribution in [2.75, 3.05) is 13.1 Å². The van der Waals surface area contributed by atoms with Crippen LogP contribution < -0.4 is 5.56 Å². The number of likely N-dealkylation sites (tertiary alicyclic amines) is 1. The normalized spacial score (nSPS) is 17.7. The third-order valence-corrected chi connectivity index (χ3v) is 3.92. The Morgan fingerprint density at radius 3 is 2.90 bits per heavy atom. The predicted molar refractivity (Wildman–Crippen MR) is 77.6 cm³/mol. The Hall–Kier alpha value is -1.72. The van der Waals surface area contributed by atoms with Crippen LogP contribution in [-0.4, -0.2) is 39.2 Å². The van der Waals surface area contributed by atoms with Crippen molar-refractivity contribution in [1.29, 1.82) is 0 Å². The maximum Gasteiger partial charge on any atom is 0.258 e. The van der Waals surface area contributed by atoms with Gasteiger partial charge in [0.05, 0.1) is 23.6 Å². The SMILES string of the molecule is Cc1cccc2c(=O)[nH]c(CN3CCC(O)CC3)nc12. The highest BCUT2D eigenvalue weighted by Gasteiger charge is 2.18. The van der Waals surface area contributed by atoms with Crippen LogP contribution >= 0.6 is 0 Å². The maximum atomic E-state index is 12.1. The zero-order chi connectivity index (χ0) is 14.1. The molecule has 0 atom stereocenters. The van der Waals surface area contributed by atoms with Crippen molar-refractivity contribution >= 4 is 10.9 Å². The average Bonchev–Trinajstić information content (AvgIpc) is 2.43. The Morgan fingerprint density at radius 1 is 1.40 bits per heavy atom. The highest BCUT2D eigenvalue weighted by Crippen LogP contribution is 2.15. The molecule has 0 saturated carbocycles. The minimum atomic E-state index is -0.183. The number of piperidine rings is 1. The average molecular weight is 273 g/mol. The molecule has 5 heteroatoms. The number of hydrogen-bond donors (Lipinski definition) is 2. The molecule has 20 heavy (non-hydrogen) atoms. The molecule has 0 radical (unpaired) electrons. The maximum absolute atomic E-state index is 12.1. The number of hydrogen-bond acceptors (Lipinski definition) is 4. The van der Waals surface area contributed by atoms with Crippen LogP contribution in [0.1, 0.15) is 24.2 Å². The van der Waals surface area contributed by atoms with E-state index in [-0.39, 0.29) is 11.7 Å². The number of aliphatic hydroxyl groups excluding tert-OH is 1. The van der Waals surface area contributed by atoms with E-state index in [1.165, 1.54) is 0 Å². The molecule has 5 nitrogen and oxygen atoms in total. The Balaban J connectivity index is 1.89. The molecule has 1 fully saturated rings. The Kier molecular flexibility index (Phi) is 3.54. The van der Waals surface area contributed by atoms with Crippen molar-refractivity contribution in [1.82, 2.24) is 14.9 Å². The number of nitrogens with zero attached hydrogens (tertiary/aromatic N) is 2. The van der Waals surface area contributed by atoms with Crippen LogP contribution in [0.15, 0.2) is 23.0 Å². The lowest BCUT2D eigenvalue weighted by Gasteiger charge is -2.28. The summed E-state index contributed by atoms with van der Waals surface area (Å²) < 4.78 is 0. The summed E-state index contributed by atoms with van der Waals surface area (Å²) in [5, 5.41) is 10.2. The van der Waals surface area contributed by atoms with Gasteiger partial charge in [-0.15, -0.1) is 0 Å². The topological polar surface area (TPSA) is 69.2 Å². The van der Waals surface area contributed by atoms with Gasteiger partial charge in [0, 0.05) is 13.1 Å². The van der Waals surface area contributed by atoms with Gasteiger partial charge in [-0.2, -0.15) is 0 Å². The summed E-state index contributed by atoms with van der Waals surface area (Å²) >= 11 is 0. The minimum absolute atomic E-state index is 0.0780. The second kappa shape index (κ2) is 5.34. The van der Waals surface area contributed by atoms with E-state index < -0.39 is 0 Å². The standard InChI is InChI=1S/C15H19N3O2/c1-10-3-2-4-12-14(10)16-13(17-15(12)20)9-18-7-5-11(19)6-8-18/h2-4,11,19H,5-9H2,1H3,(H,16,17,20). The predicted octanol–water partition coefficient (Wildman–Crippen LogP) is 1.19. The van der Waals surface area contributed by atoms with E-state index in [0.29, 0.717) is 17.8 Å². The first kappa shape index (κ1) is 13.3. The fraction of sp³-hybridized carbons (Fsp3) is 0.467. The van der Waals surface area contributed by atoms with Crippen molar-refractivity contribution in [3.63, 3.8) is 0 Å². The number of fused-ring (bicyclic) bond motifs is 1. The molecule has 0 bridgehead atoms. The molecule has 2 heterocycles. The van der Waals surface area contributed by atoms with E-state index >= 15 is 0 Å². The molecule has 1 aromatic heterocycles. The molecule has 0 aliphatic carbocycles. The van der Waals surface area contributed by atoms with E-state index in [2.05, 4.69) is 14.9 Å². The summed E-state index contributed by atoms with van der Waals surface area (Å²) in [5.74, 6) is 0.702. The van der Waals surface area contributed by atoms with Crippen molar-refractivity contribution in [2.24, 2.45) is 0 Å². The Bertz CT molecular complexity index is 672. The zero-order valence-corrected chi connectivity index (χ0v) is 11.6. The molecule has 106 valence electrons. The van der Waals surface area contributed by atoms with Crippen LogP contribution in [0.25, 0.3) is 10.9 Å². The van der Waals surface area contributed by atoms with Crippen LogP contribution in [0.4, 0.5) is 0 Å². The quantitative estimate of drug-likeness (QED) is 0.862. The minimum Gasteiger partial charge on any atom is -0.393 e. The molecule has 0 amide bonds. The lowest BCUT2D eigenvalue weighted by atomic mass is 10.1. The second-order valence-electron chi connectivity index (χ2n) is 5.49. The van der Waals surface area contributed by atoms with Gasteiger partial charge in [0.2, 0.25) is 0 Å². The first-order valence-electron chi connectivity index (χ1n) is 7.02. The highest BCUT2D eigenvalue weighted by molar-refractivity contribution is 5.80. The van der Waals surface area contributed by atoms with Crippen LogP contribution in [0.5, 0.6) is 0 Å². The molecular weight excluding hydrogens is 254 g/mol. The van der Waals surface area contributed by atoms with E-state index in [1.54, 1.807) is 6.07 Å². The van der Waals surface area contributed by atoms with Crippen LogP contribution in [0.2, 0.25) is 0 Å². The number of nitrogens with one attached hydrogen (secondary N) is 1. The summed E-state index contributed by atoms with van der Waals surface area (Å²) in [7, 11) is 0. The van der Waals surface area contributed by atoms with Crippen LogP contribution in [0.3, 0.4) is 0 Å². The molecule has 3 rings (SSSR count). The summed E-state index contributed by atoms with van der Waals surface area (Å²) in [5.41, 5.74) is 1.72. The lowest BCUT2D eigenvalue weighted by Crippen LogP contribution is -2.36. The highest BCUT2D eigenvalue weighted by atomic mass is 16.3. The lowest BCUT2D eigenvalue weighted by molar-refractivity contribution is 0.0780. The fourth-order valence-electron chi connectivity index (χ4n) is 2.72.